The smallest absolute Gasteiger partial charge is 0.407 e. The summed E-state index contributed by atoms with van der Waals surface area (Å²) in [5.74, 6) is -0.173. The molecule has 0 bridgehead atoms. The van der Waals surface area contributed by atoms with E-state index >= 15 is 0 Å². The average molecular weight is 256 g/mol. The molecule has 0 aliphatic carbocycles. The van der Waals surface area contributed by atoms with Crippen molar-refractivity contribution >= 4 is 12.1 Å². The van der Waals surface area contributed by atoms with E-state index in [1.807, 2.05) is 0 Å². The minimum absolute atomic E-state index is 0.101. The third-order valence-corrected chi connectivity index (χ3v) is 3.56. The van der Waals surface area contributed by atoms with Crippen molar-refractivity contribution in [2.45, 2.75) is 37.8 Å². The Kier molecular flexibility index (Phi) is 4.41. The van der Waals surface area contributed by atoms with Crippen LogP contribution in [-0.4, -0.2) is 55.9 Å². The van der Waals surface area contributed by atoms with Crippen LogP contribution in [0, 0.1) is 0 Å². The highest BCUT2D eigenvalue weighted by Gasteiger charge is 2.30. The van der Waals surface area contributed by atoms with E-state index in [2.05, 4.69) is 10.2 Å². The van der Waals surface area contributed by atoms with Crippen LogP contribution in [0.5, 0.6) is 0 Å². The molecule has 0 aromatic carbocycles. The van der Waals surface area contributed by atoms with Gasteiger partial charge in [0, 0.05) is 12.6 Å². The van der Waals surface area contributed by atoms with Crippen molar-refractivity contribution in [2.75, 3.05) is 26.7 Å². The van der Waals surface area contributed by atoms with Crippen LogP contribution in [0.2, 0.25) is 0 Å². The van der Waals surface area contributed by atoms with Crippen LogP contribution in [0.15, 0.2) is 0 Å². The van der Waals surface area contributed by atoms with Crippen LogP contribution in [0.25, 0.3) is 0 Å². The third-order valence-electron chi connectivity index (χ3n) is 3.56. The molecule has 18 heavy (non-hydrogen) atoms. The molecule has 1 amide bonds. The maximum absolute atomic E-state index is 11.4. The number of likely N-dealkylation sites (tertiary alicyclic amines) is 1. The minimum atomic E-state index is -0.346. The Morgan fingerprint density at radius 1 is 1.56 bits per heavy atom. The molecule has 6 nitrogen and oxygen atoms in total. The normalized spacial score (nSPS) is 28.6. The van der Waals surface area contributed by atoms with Crippen LogP contribution in [0.1, 0.15) is 25.7 Å². The van der Waals surface area contributed by atoms with Gasteiger partial charge in [0.25, 0.3) is 0 Å². The predicted molar refractivity (Wildman–Crippen MR) is 64.1 cm³/mol. The van der Waals surface area contributed by atoms with Crippen molar-refractivity contribution in [2.24, 2.45) is 0 Å². The van der Waals surface area contributed by atoms with Crippen molar-refractivity contribution in [1.29, 1.82) is 0 Å². The molecule has 2 atom stereocenters. The molecular formula is C12H20N2O4. The summed E-state index contributed by atoms with van der Waals surface area (Å²) in [7, 11) is 1.41. The summed E-state index contributed by atoms with van der Waals surface area (Å²) < 4.78 is 9.86. The van der Waals surface area contributed by atoms with E-state index in [0.717, 1.165) is 25.8 Å². The first-order valence-corrected chi connectivity index (χ1v) is 6.44. The Bertz CT molecular complexity index is 321. The predicted octanol–water partition coefficient (Wildman–Crippen LogP) is 0.512. The summed E-state index contributed by atoms with van der Waals surface area (Å²) in [4.78, 5) is 24.6. The van der Waals surface area contributed by atoms with Crippen molar-refractivity contribution in [3.8, 4) is 0 Å². The summed E-state index contributed by atoms with van der Waals surface area (Å²) in [5.41, 5.74) is 0. The zero-order chi connectivity index (χ0) is 13.0. The van der Waals surface area contributed by atoms with Crippen molar-refractivity contribution < 1.29 is 19.1 Å². The lowest BCUT2D eigenvalue weighted by molar-refractivity contribution is -0.142. The number of carbonyl (C=O) groups excluding carboxylic acids is 2. The SMILES string of the molecule is COC(=O)CC1CCCCN1CC1CNC(=O)O1. The number of piperidine rings is 1. The minimum Gasteiger partial charge on any atom is -0.469 e. The van der Waals surface area contributed by atoms with Gasteiger partial charge in [-0.05, 0) is 19.4 Å². The molecule has 2 saturated heterocycles. The molecule has 1 N–H and O–H groups in total. The molecule has 0 radical (unpaired) electrons. The van der Waals surface area contributed by atoms with E-state index < -0.39 is 0 Å². The number of hydrogen-bond acceptors (Lipinski definition) is 5. The quantitative estimate of drug-likeness (QED) is 0.742. The monoisotopic (exact) mass is 256 g/mol. The zero-order valence-corrected chi connectivity index (χ0v) is 10.7. The Balaban J connectivity index is 1.86. The number of rotatable bonds is 4. The van der Waals surface area contributed by atoms with Crippen LogP contribution < -0.4 is 5.32 Å². The Morgan fingerprint density at radius 2 is 2.39 bits per heavy atom. The molecule has 2 fully saturated rings. The standard InChI is InChI=1S/C12H20N2O4/c1-17-11(15)6-9-4-2-3-5-14(9)8-10-7-13-12(16)18-10/h9-10H,2-8H2,1H3,(H,13,16). The maximum Gasteiger partial charge on any atom is 0.407 e. The van der Waals surface area contributed by atoms with Crippen LogP contribution in [0.3, 0.4) is 0 Å². The topological polar surface area (TPSA) is 67.9 Å². The molecule has 0 spiro atoms. The number of nitrogens with one attached hydrogen (secondary N) is 1. The average Bonchev–Trinajstić information content (AvgIpc) is 2.77. The molecular weight excluding hydrogens is 236 g/mol. The molecule has 0 aromatic heterocycles. The van der Waals surface area contributed by atoms with E-state index in [0.29, 0.717) is 19.5 Å². The van der Waals surface area contributed by atoms with Gasteiger partial charge >= 0.3 is 12.1 Å². The summed E-state index contributed by atoms with van der Waals surface area (Å²) in [5, 5.41) is 2.65. The van der Waals surface area contributed by atoms with Gasteiger partial charge in [0.15, 0.2) is 0 Å². The number of carbonyl (C=O) groups is 2. The fourth-order valence-corrected chi connectivity index (χ4v) is 2.60. The van der Waals surface area contributed by atoms with E-state index in [1.165, 1.54) is 7.11 Å². The fraction of sp³-hybridized carbons (Fsp3) is 0.833. The van der Waals surface area contributed by atoms with Crippen LogP contribution in [-0.2, 0) is 14.3 Å². The van der Waals surface area contributed by atoms with Gasteiger partial charge in [-0.2, -0.15) is 0 Å². The Morgan fingerprint density at radius 3 is 3.06 bits per heavy atom. The summed E-state index contributed by atoms with van der Waals surface area (Å²) >= 11 is 0. The van der Waals surface area contributed by atoms with Gasteiger partial charge in [0.05, 0.1) is 20.1 Å². The number of amides is 1. The second-order valence-electron chi connectivity index (χ2n) is 4.83. The Labute approximate surface area is 107 Å². The Hall–Kier alpha value is -1.30. The first kappa shape index (κ1) is 13.1. The number of esters is 1. The summed E-state index contributed by atoms with van der Waals surface area (Å²) in [6.07, 6.45) is 3.25. The lowest BCUT2D eigenvalue weighted by atomic mass is 9.99. The van der Waals surface area contributed by atoms with Gasteiger partial charge in [0.1, 0.15) is 6.10 Å². The highest BCUT2D eigenvalue weighted by atomic mass is 16.6. The first-order valence-electron chi connectivity index (χ1n) is 6.44. The van der Waals surface area contributed by atoms with Crippen molar-refractivity contribution in [3.05, 3.63) is 0 Å². The first-order chi connectivity index (χ1) is 8.69. The highest BCUT2D eigenvalue weighted by molar-refractivity contribution is 5.70. The summed E-state index contributed by atoms with van der Waals surface area (Å²) in [6, 6.07) is 0.213. The number of methoxy groups -OCH3 is 1. The molecule has 2 unspecified atom stereocenters. The molecule has 2 aliphatic heterocycles. The number of cyclic esters (lactones) is 1. The van der Waals surface area contributed by atoms with E-state index in [4.69, 9.17) is 9.47 Å². The number of nitrogens with zero attached hydrogens (tertiary/aromatic N) is 1. The highest BCUT2D eigenvalue weighted by Crippen LogP contribution is 2.21. The van der Waals surface area contributed by atoms with Gasteiger partial charge in [-0.3, -0.25) is 9.69 Å². The van der Waals surface area contributed by atoms with Crippen molar-refractivity contribution in [1.82, 2.24) is 10.2 Å². The van der Waals surface area contributed by atoms with Crippen molar-refractivity contribution in [3.63, 3.8) is 0 Å². The second-order valence-corrected chi connectivity index (χ2v) is 4.83. The molecule has 2 rings (SSSR count). The lowest BCUT2D eigenvalue weighted by Crippen LogP contribution is -2.45. The zero-order valence-electron chi connectivity index (χ0n) is 10.7. The molecule has 0 saturated carbocycles. The molecule has 2 heterocycles. The van der Waals surface area contributed by atoms with Gasteiger partial charge in [-0.15, -0.1) is 0 Å². The molecule has 2 aliphatic rings. The van der Waals surface area contributed by atoms with E-state index in [-0.39, 0.29) is 24.2 Å². The number of hydrogen-bond donors (Lipinski definition) is 1. The largest absolute Gasteiger partial charge is 0.469 e. The second kappa shape index (κ2) is 6.04. The van der Waals surface area contributed by atoms with Gasteiger partial charge < -0.3 is 14.8 Å². The number of ether oxygens (including phenoxy) is 2. The van der Waals surface area contributed by atoms with Crippen LogP contribution in [0.4, 0.5) is 4.79 Å². The van der Waals surface area contributed by atoms with E-state index in [1.54, 1.807) is 0 Å². The molecule has 0 aromatic rings. The molecule has 6 heteroatoms. The summed E-state index contributed by atoms with van der Waals surface area (Å²) in [6.45, 7) is 2.20. The number of alkyl carbamates (subject to hydrolysis) is 1. The van der Waals surface area contributed by atoms with Gasteiger partial charge in [-0.25, -0.2) is 4.79 Å². The fourth-order valence-electron chi connectivity index (χ4n) is 2.60. The maximum atomic E-state index is 11.4. The third kappa shape index (κ3) is 3.35. The van der Waals surface area contributed by atoms with Crippen LogP contribution >= 0.6 is 0 Å². The lowest BCUT2D eigenvalue weighted by Gasteiger charge is -2.36. The van der Waals surface area contributed by atoms with Gasteiger partial charge in [-0.1, -0.05) is 6.42 Å². The molecule has 102 valence electrons. The van der Waals surface area contributed by atoms with E-state index in [9.17, 15) is 9.59 Å². The van der Waals surface area contributed by atoms with Gasteiger partial charge in [0.2, 0.25) is 0 Å².